The van der Waals surface area contributed by atoms with Gasteiger partial charge in [-0.05, 0) is 31.0 Å². The fourth-order valence-electron chi connectivity index (χ4n) is 4.86. The van der Waals surface area contributed by atoms with Crippen molar-refractivity contribution in [3.05, 3.63) is 46.0 Å². The quantitative estimate of drug-likeness (QED) is 0.393. The van der Waals surface area contributed by atoms with Crippen LogP contribution in [0.2, 0.25) is 5.02 Å². The van der Waals surface area contributed by atoms with E-state index < -0.39 is 48.6 Å². The van der Waals surface area contributed by atoms with E-state index in [2.05, 4.69) is 20.3 Å². The average molecular weight is 567 g/mol. The van der Waals surface area contributed by atoms with Crippen molar-refractivity contribution >= 4 is 28.7 Å². The zero-order chi connectivity index (χ0) is 27.1. The summed E-state index contributed by atoms with van der Waals surface area (Å²) in [4.78, 5) is 23.9. The predicted octanol–water partition coefficient (Wildman–Crippen LogP) is 2.28. The van der Waals surface area contributed by atoms with Crippen LogP contribution in [0.5, 0.6) is 11.9 Å². The summed E-state index contributed by atoms with van der Waals surface area (Å²) < 4.78 is 57.3. The number of pyridine rings is 1. The number of carbonyl (C=O) groups excluding carboxylic acids is 1. The van der Waals surface area contributed by atoms with E-state index in [9.17, 15) is 18.7 Å². The van der Waals surface area contributed by atoms with E-state index in [-0.39, 0.29) is 52.9 Å². The molecule has 3 aliphatic heterocycles. The number of aliphatic hydroxyl groups is 1. The van der Waals surface area contributed by atoms with E-state index in [0.29, 0.717) is 18.7 Å². The molecule has 6 rings (SSSR count). The maximum atomic E-state index is 14.8. The molecular formula is C25H25ClF2N4O7. The summed E-state index contributed by atoms with van der Waals surface area (Å²) in [5.74, 6) is -2.56. The molecular weight excluding hydrogens is 542 g/mol. The maximum Gasteiger partial charge on any atom is 0.296 e. The lowest BCUT2D eigenvalue weighted by Crippen LogP contribution is -2.40. The molecule has 5 atom stereocenters. The summed E-state index contributed by atoms with van der Waals surface area (Å²) >= 11 is 6.28. The molecule has 208 valence electrons. The fourth-order valence-corrected chi connectivity index (χ4v) is 5.07. The summed E-state index contributed by atoms with van der Waals surface area (Å²) in [7, 11) is 0. The molecule has 3 saturated heterocycles. The Bertz CT molecular complexity index is 1360. The van der Waals surface area contributed by atoms with Crippen LogP contribution in [0.15, 0.2) is 18.2 Å². The van der Waals surface area contributed by atoms with Crippen molar-refractivity contribution in [2.75, 3.05) is 26.4 Å². The zero-order valence-corrected chi connectivity index (χ0v) is 21.2. The molecule has 0 radical (unpaired) electrons. The minimum atomic E-state index is -0.941. The zero-order valence-electron chi connectivity index (χ0n) is 20.5. The number of nitrogens with one attached hydrogen (secondary N) is 2. The number of aromatic nitrogens is 3. The number of imidazole rings is 1. The fraction of sp³-hybridized carbons (Fsp3) is 0.480. The summed E-state index contributed by atoms with van der Waals surface area (Å²) in [6.07, 6.45) is -0.534. The van der Waals surface area contributed by atoms with Gasteiger partial charge in [0.15, 0.2) is 11.8 Å². The normalized spacial score (nSPS) is 26.5. The van der Waals surface area contributed by atoms with Crippen LogP contribution < -0.4 is 14.8 Å². The second-order valence-electron chi connectivity index (χ2n) is 9.60. The Morgan fingerprint density at radius 1 is 1.15 bits per heavy atom. The van der Waals surface area contributed by atoms with Crippen LogP contribution in [-0.2, 0) is 20.8 Å². The number of fused-ring (bicyclic) bond motifs is 2. The highest BCUT2D eigenvalue weighted by atomic mass is 35.5. The first-order valence-electron chi connectivity index (χ1n) is 12.5. The van der Waals surface area contributed by atoms with Gasteiger partial charge in [0.25, 0.3) is 11.9 Å². The van der Waals surface area contributed by atoms with Crippen LogP contribution in [0.25, 0.3) is 11.2 Å². The predicted molar refractivity (Wildman–Crippen MR) is 131 cm³/mol. The van der Waals surface area contributed by atoms with Gasteiger partial charge in [-0.25, -0.2) is 8.78 Å². The van der Waals surface area contributed by atoms with Crippen LogP contribution >= 0.6 is 11.6 Å². The van der Waals surface area contributed by atoms with E-state index in [1.165, 1.54) is 6.07 Å². The van der Waals surface area contributed by atoms with Gasteiger partial charge in [-0.1, -0.05) is 11.6 Å². The van der Waals surface area contributed by atoms with Crippen molar-refractivity contribution < 1.29 is 42.4 Å². The molecule has 3 fully saturated rings. The van der Waals surface area contributed by atoms with Gasteiger partial charge < -0.3 is 39.1 Å². The van der Waals surface area contributed by atoms with Gasteiger partial charge in [0.05, 0.1) is 36.9 Å². The Morgan fingerprint density at radius 2 is 1.95 bits per heavy atom. The molecule has 3 N–H and O–H groups in total. The van der Waals surface area contributed by atoms with Gasteiger partial charge in [0.1, 0.15) is 41.6 Å². The van der Waals surface area contributed by atoms with Gasteiger partial charge in [-0.15, -0.1) is 0 Å². The van der Waals surface area contributed by atoms with Crippen LogP contribution in [0.3, 0.4) is 0 Å². The Balaban J connectivity index is 1.12. The molecule has 0 aliphatic carbocycles. The average Bonchev–Trinajstić information content (AvgIpc) is 3.60. The van der Waals surface area contributed by atoms with Gasteiger partial charge in [-0.3, -0.25) is 4.79 Å². The summed E-state index contributed by atoms with van der Waals surface area (Å²) in [6.45, 7) is 0.852. The van der Waals surface area contributed by atoms with Crippen molar-refractivity contribution in [1.82, 2.24) is 20.3 Å². The molecule has 5 heterocycles. The van der Waals surface area contributed by atoms with Gasteiger partial charge >= 0.3 is 0 Å². The third-order valence-corrected chi connectivity index (χ3v) is 7.14. The molecule has 3 unspecified atom stereocenters. The molecule has 3 aliphatic rings. The second-order valence-corrected chi connectivity index (χ2v) is 10.0. The SMILES string of the molecule is O=C(NC1CCCOC1)c1cc(F)c(COc2nc3nc(O[C@@H]4COC5C4OC[C@H]5O)[nH]c3cc2Cl)c(F)c1. The van der Waals surface area contributed by atoms with E-state index in [4.69, 9.17) is 35.3 Å². The van der Waals surface area contributed by atoms with E-state index in [1.807, 2.05) is 0 Å². The number of H-pyrrole nitrogens is 1. The summed E-state index contributed by atoms with van der Waals surface area (Å²) in [6, 6.07) is 3.35. The second kappa shape index (κ2) is 10.8. The van der Waals surface area contributed by atoms with Crippen LogP contribution in [-0.4, -0.2) is 82.9 Å². The minimum absolute atomic E-state index is 0.0794. The molecule has 0 spiro atoms. The lowest BCUT2D eigenvalue weighted by atomic mass is 10.1. The van der Waals surface area contributed by atoms with Crippen molar-refractivity contribution in [1.29, 1.82) is 0 Å². The van der Waals surface area contributed by atoms with Crippen LogP contribution in [0.4, 0.5) is 8.78 Å². The van der Waals surface area contributed by atoms with E-state index in [1.54, 1.807) is 0 Å². The lowest BCUT2D eigenvalue weighted by molar-refractivity contribution is 0.00706. The first-order chi connectivity index (χ1) is 18.9. The number of halogens is 3. The number of benzene rings is 1. The van der Waals surface area contributed by atoms with E-state index >= 15 is 0 Å². The highest BCUT2D eigenvalue weighted by Gasteiger charge is 2.48. The molecule has 11 nitrogen and oxygen atoms in total. The number of aromatic amines is 1. The van der Waals surface area contributed by atoms with Gasteiger partial charge in [0.2, 0.25) is 5.88 Å². The molecule has 3 aromatic rings. The lowest BCUT2D eigenvalue weighted by Gasteiger charge is -2.23. The Morgan fingerprint density at radius 3 is 2.72 bits per heavy atom. The Labute approximate surface area is 225 Å². The number of hydrogen-bond donors (Lipinski definition) is 3. The summed E-state index contributed by atoms with van der Waals surface area (Å²) in [5.41, 5.74) is 0.122. The maximum absolute atomic E-state index is 14.8. The smallest absolute Gasteiger partial charge is 0.296 e. The standard InChI is InChI=1S/C25H25ClF2N4O7/c26-14-6-17-22(32-25(30-17)39-19-10-37-20-18(33)9-36-21(19)20)31-24(14)38-8-13-15(27)4-11(5-16(13)28)23(34)29-12-2-1-3-35-7-12/h4-6,12,18-21,33H,1-3,7-10H2,(H,29,34)(H,30,31,32)/t12?,18-,19-,20?,21?/m1/s1. The van der Waals surface area contributed by atoms with Crippen molar-refractivity contribution in [2.24, 2.45) is 0 Å². The number of nitrogens with zero attached hydrogens (tertiary/aromatic N) is 2. The van der Waals surface area contributed by atoms with Crippen molar-refractivity contribution in [3.8, 4) is 11.9 Å². The van der Waals surface area contributed by atoms with Crippen molar-refractivity contribution in [3.63, 3.8) is 0 Å². The molecule has 14 heteroatoms. The number of rotatable bonds is 7. The monoisotopic (exact) mass is 566 g/mol. The van der Waals surface area contributed by atoms with Gasteiger partial charge in [-0.2, -0.15) is 9.97 Å². The third-order valence-electron chi connectivity index (χ3n) is 6.87. The minimum Gasteiger partial charge on any atom is -0.471 e. The number of amides is 1. The number of aliphatic hydroxyl groups excluding tert-OH is 1. The molecule has 2 aromatic heterocycles. The molecule has 39 heavy (non-hydrogen) atoms. The molecule has 0 bridgehead atoms. The number of hydrogen-bond acceptors (Lipinski definition) is 9. The van der Waals surface area contributed by atoms with Crippen molar-refractivity contribution in [2.45, 2.75) is 49.9 Å². The number of carbonyl (C=O) groups is 1. The topological polar surface area (TPSA) is 137 Å². The van der Waals surface area contributed by atoms with Crippen LogP contribution in [0.1, 0.15) is 28.8 Å². The Hall–Kier alpha value is -3.10. The molecule has 1 aromatic carbocycles. The van der Waals surface area contributed by atoms with Crippen LogP contribution in [0, 0.1) is 11.6 Å². The first-order valence-corrected chi connectivity index (χ1v) is 12.9. The molecule has 0 saturated carbocycles. The number of ether oxygens (including phenoxy) is 5. The largest absolute Gasteiger partial charge is 0.471 e. The van der Waals surface area contributed by atoms with E-state index in [0.717, 1.165) is 25.0 Å². The highest BCUT2D eigenvalue weighted by Crippen LogP contribution is 2.31. The highest BCUT2D eigenvalue weighted by molar-refractivity contribution is 6.32. The summed E-state index contributed by atoms with van der Waals surface area (Å²) in [5, 5.41) is 12.7. The third kappa shape index (κ3) is 5.37. The molecule has 1 amide bonds. The van der Waals surface area contributed by atoms with Gasteiger partial charge in [0, 0.05) is 12.2 Å². The first kappa shape index (κ1) is 26.1. The Kier molecular flexibility index (Phi) is 7.25.